The van der Waals surface area contributed by atoms with Crippen LogP contribution in [0, 0.1) is 0 Å². The van der Waals surface area contributed by atoms with E-state index < -0.39 is 0 Å². The molecule has 0 saturated heterocycles. The molecule has 0 saturated carbocycles. The fraction of sp³-hybridized carbons (Fsp3) is 0.500. The summed E-state index contributed by atoms with van der Waals surface area (Å²) >= 11 is 5.81. The molecular formula is C8H12ClN3O. The fourth-order valence-electron chi connectivity index (χ4n) is 0.889. The number of hydrogen-bond acceptors (Lipinski definition) is 4. The Hall–Kier alpha value is -0.870. The Morgan fingerprint density at radius 3 is 3.00 bits per heavy atom. The van der Waals surface area contributed by atoms with E-state index in [-0.39, 0.29) is 12.6 Å². The van der Waals surface area contributed by atoms with E-state index in [0.29, 0.717) is 10.8 Å². The number of rotatable bonds is 4. The lowest BCUT2D eigenvalue weighted by molar-refractivity contribution is 0.271. The van der Waals surface area contributed by atoms with E-state index in [0.717, 1.165) is 6.42 Å². The van der Waals surface area contributed by atoms with Crippen LogP contribution in [0.25, 0.3) is 0 Å². The van der Waals surface area contributed by atoms with Crippen molar-refractivity contribution in [3.63, 3.8) is 0 Å². The molecule has 1 rings (SSSR count). The van der Waals surface area contributed by atoms with Crippen LogP contribution in [0.1, 0.15) is 13.3 Å². The third-order valence-corrected chi connectivity index (χ3v) is 2.00. The van der Waals surface area contributed by atoms with E-state index in [4.69, 9.17) is 16.7 Å². The van der Waals surface area contributed by atoms with Gasteiger partial charge in [-0.05, 0) is 6.42 Å². The highest BCUT2D eigenvalue weighted by Gasteiger charge is 2.07. The summed E-state index contributed by atoms with van der Waals surface area (Å²) in [5.74, 6) is 0.567. The van der Waals surface area contributed by atoms with Gasteiger partial charge in [0.25, 0.3) is 0 Å². The molecule has 1 aromatic heterocycles. The molecule has 0 bridgehead atoms. The quantitative estimate of drug-likeness (QED) is 0.772. The number of hydrogen-bond donors (Lipinski definition) is 2. The molecule has 0 amide bonds. The zero-order valence-corrected chi connectivity index (χ0v) is 8.12. The smallest absolute Gasteiger partial charge is 0.148 e. The topological polar surface area (TPSA) is 58.0 Å². The van der Waals surface area contributed by atoms with Crippen molar-refractivity contribution in [3.8, 4) is 0 Å². The SMILES string of the molecule is CC[C@H](CO)Nc1ncncc1Cl. The first-order valence-corrected chi connectivity index (χ1v) is 4.48. The van der Waals surface area contributed by atoms with Gasteiger partial charge in [0.15, 0.2) is 0 Å². The Kier molecular flexibility index (Phi) is 3.92. The summed E-state index contributed by atoms with van der Waals surface area (Å²) in [7, 11) is 0. The number of aliphatic hydroxyl groups excluding tert-OH is 1. The standard InChI is InChI=1S/C8H12ClN3O/c1-2-6(4-13)12-8-7(9)3-10-5-11-8/h3,5-6,13H,2,4H2,1H3,(H,10,11,12)/t6-/m1/s1. The Labute approximate surface area is 82.0 Å². The summed E-state index contributed by atoms with van der Waals surface area (Å²) in [5.41, 5.74) is 0. The van der Waals surface area contributed by atoms with Gasteiger partial charge in [-0.3, -0.25) is 0 Å². The first kappa shape index (κ1) is 10.2. The minimum absolute atomic E-state index is 0.00704. The van der Waals surface area contributed by atoms with Crippen molar-refractivity contribution in [1.29, 1.82) is 0 Å². The Bertz CT molecular complexity index is 265. The second kappa shape index (κ2) is 4.99. The van der Waals surface area contributed by atoms with E-state index >= 15 is 0 Å². The van der Waals surface area contributed by atoms with Gasteiger partial charge in [0.1, 0.15) is 17.2 Å². The number of aromatic nitrogens is 2. The zero-order chi connectivity index (χ0) is 9.68. The summed E-state index contributed by atoms with van der Waals surface area (Å²) < 4.78 is 0. The molecule has 5 heteroatoms. The Balaban J connectivity index is 2.67. The maximum absolute atomic E-state index is 8.93. The molecule has 2 N–H and O–H groups in total. The maximum Gasteiger partial charge on any atom is 0.148 e. The minimum Gasteiger partial charge on any atom is -0.394 e. The van der Waals surface area contributed by atoms with E-state index in [2.05, 4.69) is 15.3 Å². The van der Waals surface area contributed by atoms with Crippen molar-refractivity contribution < 1.29 is 5.11 Å². The highest BCUT2D eigenvalue weighted by Crippen LogP contribution is 2.17. The van der Waals surface area contributed by atoms with Crippen LogP contribution in [0.15, 0.2) is 12.5 Å². The Morgan fingerprint density at radius 1 is 1.69 bits per heavy atom. The number of aliphatic hydroxyl groups is 1. The van der Waals surface area contributed by atoms with Gasteiger partial charge < -0.3 is 10.4 Å². The highest BCUT2D eigenvalue weighted by atomic mass is 35.5. The minimum atomic E-state index is -0.00704. The molecule has 0 unspecified atom stereocenters. The van der Waals surface area contributed by atoms with E-state index in [9.17, 15) is 0 Å². The maximum atomic E-state index is 8.93. The van der Waals surface area contributed by atoms with Crippen molar-refractivity contribution >= 4 is 17.4 Å². The number of nitrogens with one attached hydrogen (secondary N) is 1. The van der Waals surface area contributed by atoms with Gasteiger partial charge in [-0.1, -0.05) is 18.5 Å². The monoisotopic (exact) mass is 201 g/mol. The van der Waals surface area contributed by atoms with Crippen molar-refractivity contribution in [1.82, 2.24) is 9.97 Å². The van der Waals surface area contributed by atoms with Gasteiger partial charge in [-0.25, -0.2) is 9.97 Å². The molecule has 0 radical (unpaired) electrons. The lowest BCUT2D eigenvalue weighted by Crippen LogP contribution is -2.23. The summed E-state index contributed by atoms with van der Waals surface area (Å²) in [4.78, 5) is 7.71. The van der Waals surface area contributed by atoms with Gasteiger partial charge in [0.2, 0.25) is 0 Å². The average Bonchev–Trinajstić information content (AvgIpc) is 2.17. The third kappa shape index (κ3) is 2.82. The molecule has 4 nitrogen and oxygen atoms in total. The summed E-state index contributed by atoms with van der Waals surface area (Å²) in [6.07, 6.45) is 3.75. The van der Waals surface area contributed by atoms with Gasteiger partial charge >= 0.3 is 0 Å². The Morgan fingerprint density at radius 2 is 2.46 bits per heavy atom. The predicted molar refractivity (Wildman–Crippen MR) is 51.8 cm³/mol. The van der Waals surface area contributed by atoms with Gasteiger partial charge in [0, 0.05) is 0 Å². The van der Waals surface area contributed by atoms with Crippen LogP contribution in [0.5, 0.6) is 0 Å². The molecule has 0 aliphatic heterocycles. The number of anilines is 1. The van der Waals surface area contributed by atoms with Crippen molar-refractivity contribution in [2.45, 2.75) is 19.4 Å². The second-order valence-corrected chi connectivity index (χ2v) is 3.06. The van der Waals surface area contributed by atoms with Crippen molar-refractivity contribution in [2.75, 3.05) is 11.9 Å². The van der Waals surface area contributed by atoms with Crippen molar-refractivity contribution in [3.05, 3.63) is 17.5 Å². The summed E-state index contributed by atoms with van der Waals surface area (Å²) in [6.45, 7) is 2.04. The van der Waals surface area contributed by atoms with Gasteiger partial charge in [-0.15, -0.1) is 0 Å². The van der Waals surface area contributed by atoms with Crippen LogP contribution in [-0.4, -0.2) is 27.7 Å². The van der Waals surface area contributed by atoms with Crippen LogP contribution in [0.4, 0.5) is 5.82 Å². The average molecular weight is 202 g/mol. The highest BCUT2D eigenvalue weighted by molar-refractivity contribution is 6.32. The zero-order valence-electron chi connectivity index (χ0n) is 7.37. The second-order valence-electron chi connectivity index (χ2n) is 2.65. The lowest BCUT2D eigenvalue weighted by Gasteiger charge is -2.14. The van der Waals surface area contributed by atoms with Crippen LogP contribution < -0.4 is 5.32 Å². The molecule has 72 valence electrons. The lowest BCUT2D eigenvalue weighted by atomic mass is 10.2. The molecule has 1 atom stereocenters. The van der Waals surface area contributed by atoms with Crippen LogP contribution in [0.2, 0.25) is 5.02 Å². The molecule has 13 heavy (non-hydrogen) atoms. The molecular weight excluding hydrogens is 190 g/mol. The molecule has 1 heterocycles. The first-order valence-electron chi connectivity index (χ1n) is 4.10. The molecule has 0 fully saturated rings. The molecule has 0 spiro atoms. The van der Waals surface area contributed by atoms with E-state index in [1.54, 1.807) is 0 Å². The normalized spacial score (nSPS) is 12.5. The molecule has 0 aliphatic carbocycles. The number of nitrogens with zero attached hydrogens (tertiary/aromatic N) is 2. The van der Waals surface area contributed by atoms with Crippen LogP contribution >= 0.6 is 11.6 Å². The largest absolute Gasteiger partial charge is 0.394 e. The van der Waals surface area contributed by atoms with E-state index in [1.165, 1.54) is 12.5 Å². The summed E-state index contributed by atoms with van der Waals surface area (Å²) in [6, 6.07) is -0.00704. The molecule has 1 aromatic rings. The van der Waals surface area contributed by atoms with Crippen LogP contribution in [-0.2, 0) is 0 Å². The van der Waals surface area contributed by atoms with Crippen LogP contribution in [0.3, 0.4) is 0 Å². The number of halogens is 1. The van der Waals surface area contributed by atoms with E-state index in [1.807, 2.05) is 6.92 Å². The molecule has 0 aromatic carbocycles. The third-order valence-electron chi connectivity index (χ3n) is 1.72. The van der Waals surface area contributed by atoms with Gasteiger partial charge in [-0.2, -0.15) is 0 Å². The van der Waals surface area contributed by atoms with Crippen molar-refractivity contribution in [2.24, 2.45) is 0 Å². The molecule has 0 aliphatic rings. The fourth-order valence-corrected chi connectivity index (χ4v) is 1.05. The summed E-state index contributed by atoms with van der Waals surface area (Å²) in [5, 5.41) is 12.4. The first-order chi connectivity index (χ1) is 6.27. The predicted octanol–water partition coefficient (Wildman–Crippen LogP) is 1.31. The van der Waals surface area contributed by atoms with Gasteiger partial charge in [0.05, 0.1) is 18.8 Å².